The summed E-state index contributed by atoms with van der Waals surface area (Å²) < 4.78 is 0. The van der Waals surface area contributed by atoms with Crippen LogP contribution in [-0.4, -0.2) is 10.2 Å². The Labute approximate surface area is 93.9 Å². The molecule has 3 nitrogen and oxygen atoms in total. The van der Waals surface area contributed by atoms with Gasteiger partial charge in [-0.3, -0.25) is 4.79 Å². The van der Waals surface area contributed by atoms with Crippen LogP contribution >= 0.6 is 24.8 Å². The molecule has 0 fully saturated rings. The predicted octanol–water partition coefficient (Wildman–Crippen LogP) is 0.874. The zero-order valence-electron chi connectivity index (χ0n) is 7.51. The van der Waals surface area contributed by atoms with Gasteiger partial charge in [0, 0.05) is 6.42 Å². The molecule has 0 radical (unpaired) electrons. The van der Waals surface area contributed by atoms with Crippen molar-refractivity contribution in [2.45, 2.75) is 6.42 Å². The normalized spacial score (nSPS) is 8.36. The van der Waals surface area contributed by atoms with Crippen molar-refractivity contribution in [2.24, 2.45) is 11.5 Å². The number of carbonyl (C=O) groups is 1. The van der Waals surface area contributed by atoms with E-state index in [1.54, 1.807) is 0 Å². The second-order valence-electron chi connectivity index (χ2n) is 2.46. The zero-order valence-corrected chi connectivity index (χ0v) is 9.22. The van der Waals surface area contributed by atoms with Crippen molar-refractivity contribution < 1.29 is 4.79 Å². The minimum absolute atomic E-state index is 0.000000000000000222. The summed E-state index contributed by atoms with van der Waals surface area (Å²) in [7, 11) is 0. The van der Waals surface area contributed by atoms with Crippen LogP contribution in [0.4, 0.5) is 0 Å². The van der Waals surface area contributed by atoms with Gasteiger partial charge >= 0.3 is 0 Å². The summed E-state index contributed by atoms with van der Waals surface area (Å²) >= 11 is 7.76. The number of hydrogen-bond acceptors (Lipinski definition) is 2. The summed E-state index contributed by atoms with van der Waals surface area (Å²) in [6.07, 6.45) is 0.421. The standard InChI is InChI=1S/C8H8OS.CH4N2S/c9-8(10)6-7-4-2-1-3-5-7;2-1(3)4/h1-5H,6H2,(H,9,10);(H4,2,3,4). The highest BCUT2D eigenvalue weighted by molar-refractivity contribution is 7.96. The summed E-state index contributed by atoms with van der Waals surface area (Å²) in [5, 5.41) is -0.0915. The first-order valence-corrected chi connectivity index (χ1v) is 4.68. The minimum atomic E-state index is -0.0915. The Morgan fingerprint density at radius 1 is 1.29 bits per heavy atom. The van der Waals surface area contributed by atoms with Gasteiger partial charge in [-0.15, -0.1) is 12.6 Å². The van der Waals surface area contributed by atoms with E-state index in [0.29, 0.717) is 6.42 Å². The van der Waals surface area contributed by atoms with E-state index in [1.165, 1.54) is 0 Å². The molecule has 1 aromatic rings. The van der Waals surface area contributed by atoms with Crippen LogP contribution in [0.15, 0.2) is 30.3 Å². The lowest BCUT2D eigenvalue weighted by Crippen LogP contribution is -2.18. The van der Waals surface area contributed by atoms with Crippen molar-refractivity contribution in [1.29, 1.82) is 0 Å². The van der Waals surface area contributed by atoms with Crippen molar-refractivity contribution in [3.8, 4) is 0 Å². The molecule has 0 bridgehead atoms. The number of thiocarbonyl (C=S) groups is 1. The van der Waals surface area contributed by atoms with Crippen LogP contribution in [0.1, 0.15) is 5.56 Å². The molecule has 0 spiro atoms. The molecule has 0 aliphatic rings. The maximum Gasteiger partial charge on any atom is 0.190 e. The van der Waals surface area contributed by atoms with Crippen LogP contribution in [0.25, 0.3) is 0 Å². The Kier molecular flexibility index (Phi) is 6.78. The monoisotopic (exact) mass is 228 g/mol. The Hall–Kier alpha value is -1.07. The molecule has 5 heteroatoms. The molecular formula is C9H12N2OS2. The fraction of sp³-hybridized carbons (Fsp3) is 0.111. The summed E-state index contributed by atoms with van der Waals surface area (Å²) in [6, 6.07) is 9.56. The van der Waals surface area contributed by atoms with Gasteiger partial charge in [0.1, 0.15) is 0 Å². The van der Waals surface area contributed by atoms with Crippen molar-refractivity contribution in [3.63, 3.8) is 0 Å². The van der Waals surface area contributed by atoms with E-state index >= 15 is 0 Å². The quantitative estimate of drug-likeness (QED) is 0.519. The first kappa shape index (κ1) is 12.9. The average molecular weight is 228 g/mol. The molecule has 0 saturated heterocycles. The topological polar surface area (TPSA) is 69.1 Å². The third-order valence-electron chi connectivity index (χ3n) is 1.20. The summed E-state index contributed by atoms with van der Waals surface area (Å²) in [5.74, 6) is 0. The number of rotatable bonds is 2. The van der Waals surface area contributed by atoms with Gasteiger partial charge in [-0.1, -0.05) is 30.3 Å². The molecule has 0 unspecified atom stereocenters. The third kappa shape index (κ3) is 9.02. The van der Waals surface area contributed by atoms with Gasteiger partial charge < -0.3 is 11.5 Å². The molecule has 0 saturated carbocycles. The number of carbonyl (C=O) groups excluding carboxylic acids is 1. The molecule has 0 aliphatic carbocycles. The highest BCUT2D eigenvalue weighted by atomic mass is 32.1. The van der Waals surface area contributed by atoms with E-state index in [9.17, 15) is 4.79 Å². The van der Waals surface area contributed by atoms with Crippen molar-refractivity contribution in [2.75, 3.05) is 0 Å². The van der Waals surface area contributed by atoms with Gasteiger partial charge in [-0.05, 0) is 17.8 Å². The zero-order chi connectivity index (χ0) is 11.0. The molecule has 0 atom stereocenters. The summed E-state index contributed by atoms with van der Waals surface area (Å²) in [4.78, 5) is 10.5. The molecule has 0 aromatic heterocycles. The molecular weight excluding hydrogens is 216 g/mol. The minimum Gasteiger partial charge on any atom is -0.377 e. The smallest absolute Gasteiger partial charge is 0.190 e. The second-order valence-corrected chi connectivity index (χ2v) is 3.43. The molecule has 1 aromatic carbocycles. The van der Waals surface area contributed by atoms with E-state index < -0.39 is 0 Å². The summed E-state index contributed by atoms with van der Waals surface area (Å²) in [5.41, 5.74) is 10.3. The van der Waals surface area contributed by atoms with E-state index in [1.807, 2.05) is 30.3 Å². The molecule has 0 heterocycles. The van der Waals surface area contributed by atoms with Crippen LogP contribution in [0, 0.1) is 0 Å². The van der Waals surface area contributed by atoms with E-state index in [0.717, 1.165) is 5.56 Å². The van der Waals surface area contributed by atoms with Gasteiger partial charge in [0.25, 0.3) is 0 Å². The van der Waals surface area contributed by atoms with Crippen molar-refractivity contribution in [1.82, 2.24) is 0 Å². The lowest BCUT2D eigenvalue weighted by Gasteiger charge is -1.92. The van der Waals surface area contributed by atoms with Gasteiger partial charge in [0.15, 0.2) is 10.2 Å². The molecule has 0 aliphatic heterocycles. The lowest BCUT2D eigenvalue weighted by atomic mass is 10.2. The SMILES string of the molecule is NC(N)=S.O=C(S)Cc1ccccc1. The maximum absolute atomic E-state index is 10.5. The Bertz CT molecular complexity index is 297. The Morgan fingerprint density at radius 2 is 1.71 bits per heavy atom. The van der Waals surface area contributed by atoms with Crippen molar-refractivity contribution in [3.05, 3.63) is 35.9 Å². The highest BCUT2D eigenvalue weighted by Gasteiger charge is 1.94. The largest absolute Gasteiger partial charge is 0.377 e. The molecule has 0 amide bonds. The van der Waals surface area contributed by atoms with Crippen LogP contribution in [0.2, 0.25) is 0 Å². The highest BCUT2D eigenvalue weighted by Crippen LogP contribution is 2.00. The lowest BCUT2D eigenvalue weighted by molar-refractivity contribution is -0.110. The summed E-state index contributed by atoms with van der Waals surface area (Å²) in [6.45, 7) is 0. The van der Waals surface area contributed by atoms with E-state index in [4.69, 9.17) is 0 Å². The van der Waals surface area contributed by atoms with Crippen LogP contribution < -0.4 is 11.5 Å². The van der Waals surface area contributed by atoms with Gasteiger partial charge in [-0.2, -0.15) is 0 Å². The number of hydrogen-bond donors (Lipinski definition) is 3. The fourth-order valence-electron chi connectivity index (χ4n) is 0.770. The Morgan fingerprint density at radius 3 is 2.07 bits per heavy atom. The average Bonchev–Trinajstić information content (AvgIpc) is 2.03. The van der Waals surface area contributed by atoms with Crippen LogP contribution in [-0.2, 0) is 11.2 Å². The number of thiol groups is 1. The van der Waals surface area contributed by atoms with Gasteiger partial charge in [0.05, 0.1) is 0 Å². The molecule has 4 N–H and O–H groups in total. The van der Waals surface area contributed by atoms with Crippen molar-refractivity contribution >= 4 is 35.1 Å². The van der Waals surface area contributed by atoms with E-state index in [-0.39, 0.29) is 10.2 Å². The van der Waals surface area contributed by atoms with Gasteiger partial charge in [0.2, 0.25) is 0 Å². The Balaban J connectivity index is 0.000000364. The first-order valence-electron chi connectivity index (χ1n) is 3.83. The molecule has 1 rings (SSSR count). The predicted molar refractivity (Wildman–Crippen MR) is 65.1 cm³/mol. The molecule has 76 valence electrons. The van der Waals surface area contributed by atoms with Gasteiger partial charge in [-0.25, -0.2) is 0 Å². The second kappa shape index (κ2) is 7.34. The first-order chi connectivity index (χ1) is 6.52. The number of benzene rings is 1. The maximum atomic E-state index is 10.5. The molecule has 14 heavy (non-hydrogen) atoms. The fourth-order valence-corrected chi connectivity index (χ4v) is 0.953. The third-order valence-corrected chi connectivity index (χ3v) is 1.36. The van der Waals surface area contributed by atoms with Crippen LogP contribution in [0.5, 0.6) is 0 Å². The van der Waals surface area contributed by atoms with E-state index in [2.05, 4.69) is 36.3 Å². The van der Waals surface area contributed by atoms with Crippen LogP contribution in [0.3, 0.4) is 0 Å². The number of nitrogens with two attached hydrogens (primary N) is 2.